The molecule has 2 heterocycles. The summed E-state index contributed by atoms with van der Waals surface area (Å²) in [5.41, 5.74) is 0.347. The van der Waals surface area contributed by atoms with E-state index < -0.39 is 0 Å². The van der Waals surface area contributed by atoms with Gasteiger partial charge in [0.05, 0.1) is 6.26 Å². The Hall–Kier alpha value is -2.02. The maximum absolute atomic E-state index is 13.2. The van der Waals surface area contributed by atoms with Crippen LogP contribution >= 0.6 is 0 Å². The average molecular weight is 459 g/mol. The largest absolute Gasteiger partial charge is 0.459 e. The second-order valence-corrected chi connectivity index (χ2v) is 11.6. The van der Waals surface area contributed by atoms with E-state index in [-0.39, 0.29) is 40.6 Å². The van der Waals surface area contributed by atoms with Crippen LogP contribution in [0, 0.1) is 28.6 Å². The third kappa shape index (κ3) is 4.79. The molecule has 2 saturated carbocycles. The molecule has 5 atom stereocenters. The SMILES string of the molecule is C[C@H]1[C@H](NC(=O)N2CCN(C)CC2)CC2C(C)(C)CCC[C@]2(C)[C@H]1CNC(=O)c1ccco1. The number of carbonyl (C=O) groups is 2. The van der Waals surface area contributed by atoms with Crippen molar-refractivity contribution in [2.75, 3.05) is 39.8 Å². The number of likely N-dealkylation sites (N-methyl/N-ethyl adjacent to an activating group) is 1. The minimum Gasteiger partial charge on any atom is -0.459 e. The Morgan fingerprint density at radius 2 is 1.88 bits per heavy atom. The lowest BCUT2D eigenvalue weighted by Crippen LogP contribution is -2.62. The molecule has 1 unspecified atom stereocenters. The molecule has 3 aliphatic rings. The van der Waals surface area contributed by atoms with Crippen molar-refractivity contribution in [2.45, 2.75) is 59.4 Å². The lowest BCUT2D eigenvalue weighted by atomic mass is 9.45. The van der Waals surface area contributed by atoms with Gasteiger partial charge in [-0.05, 0) is 67.0 Å². The zero-order chi connectivity index (χ0) is 23.8. The number of hydrogen-bond donors (Lipinski definition) is 2. The molecule has 7 nitrogen and oxygen atoms in total. The minimum absolute atomic E-state index is 0.0653. The Morgan fingerprint density at radius 3 is 2.55 bits per heavy atom. The molecule has 7 heteroatoms. The molecular formula is C26H42N4O3. The second kappa shape index (κ2) is 9.32. The van der Waals surface area contributed by atoms with Gasteiger partial charge in [0.1, 0.15) is 0 Å². The van der Waals surface area contributed by atoms with E-state index in [4.69, 9.17) is 4.42 Å². The monoisotopic (exact) mass is 458 g/mol. The number of furan rings is 1. The van der Waals surface area contributed by atoms with E-state index in [9.17, 15) is 9.59 Å². The Balaban J connectivity index is 1.52. The Morgan fingerprint density at radius 1 is 1.15 bits per heavy atom. The number of hydrogen-bond acceptors (Lipinski definition) is 4. The summed E-state index contributed by atoms with van der Waals surface area (Å²) in [5, 5.41) is 6.58. The smallest absolute Gasteiger partial charge is 0.317 e. The van der Waals surface area contributed by atoms with Crippen molar-refractivity contribution >= 4 is 11.9 Å². The Bertz CT molecular complexity index is 831. The number of rotatable bonds is 4. The van der Waals surface area contributed by atoms with E-state index in [1.54, 1.807) is 12.1 Å². The van der Waals surface area contributed by atoms with E-state index in [2.05, 4.69) is 50.3 Å². The number of fused-ring (bicyclic) bond motifs is 1. The minimum atomic E-state index is -0.161. The highest BCUT2D eigenvalue weighted by molar-refractivity contribution is 5.91. The fraction of sp³-hybridized carbons (Fsp3) is 0.769. The maximum atomic E-state index is 13.2. The standard InChI is InChI=1S/C26H42N4O3/c1-18-19(17-27-23(31)21-8-6-15-33-21)26(4)10-7-9-25(2,3)22(26)16-20(18)28-24(32)30-13-11-29(5)12-14-30/h6,8,15,18-20,22H,7,9-14,16-17H2,1-5H3,(H,27,31)(H,28,32)/t18-,19+,20-,22?,26-/m1/s1. The molecule has 4 rings (SSSR count). The van der Waals surface area contributed by atoms with E-state index in [1.807, 2.05) is 4.90 Å². The van der Waals surface area contributed by atoms with Gasteiger partial charge >= 0.3 is 6.03 Å². The summed E-state index contributed by atoms with van der Waals surface area (Å²) in [6, 6.07) is 3.62. The second-order valence-electron chi connectivity index (χ2n) is 11.6. The van der Waals surface area contributed by atoms with Gasteiger partial charge in [0.25, 0.3) is 5.91 Å². The van der Waals surface area contributed by atoms with Crippen LogP contribution in [0.1, 0.15) is 63.9 Å². The molecule has 184 valence electrons. The van der Waals surface area contributed by atoms with Crippen molar-refractivity contribution in [3.63, 3.8) is 0 Å². The fourth-order valence-corrected chi connectivity index (χ4v) is 7.11. The highest BCUT2D eigenvalue weighted by Gasteiger charge is 2.56. The number of nitrogens with one attached hydrogen (secondary N) is 2. The van der Waals surface area contributed by atoms with Crippen LogP contribution < -0.4 is 10.6 Å². The quantitative estimate of drug-likeness (QED) is 0.719. The Labute approximate surface area is 198 Å². The number of urea groups is 1. The van der Waals surface area contributed by atoms with E-state index >= 15 is 0 Å². The highest BCUT2D eigenvalue weighted by Crippen LogP contribution is 2.61. The number of carbonyl (C=O) groups excluding carboxylic acids is 2. The number of piperazine rings is 1. The first-order valence-electron chi connectivity index (χ1n) is 12.7. The van der Waals surface area contributed by atoms with Crippen molar-refractivity contribution in [1.82, 2.24) is 20.4 Å². The molecule has 1 aromatic rings. The van der Waals surface area contributed by atoms with Crippen molar-refractivity contribution in [3.05, 3.63) is 24.2 Å². The highest BCUT2D eigenvalue weighted by atomic mass is 16.3. The number of nitrogens with zero attached hydrogens (tertiary/aromatic N) is 2. The van der Waals surface area contributed by atoms with Gasteiger partial charge in [-0.25, -0.2) is 4.79 Å². The van der Waals surface area contributed by atoms with E-state index in [0.29, 0.717) is 18.2 Å². The van der Waals surface area contributed by atoms with Crippen LogP contribution in [-0.2, 0) is 0 Å². The van der Waals surface area contributed by atoms with Crippen LogP contribution in [0.4, 0.5) is 4.79 Å². The van der Waals surface area contributed by atoms with Crippen molar-refractivity contribution in [3.8, 4) is 0 Å². The predicted octanol–water partition coefficient (Wildman–Crippen LogP) is 3.82. The van der Waals surface area contributed by atoms with Gasteiger partial charge in [-0.2, -0.15) is 0 Å². The molecule has 0 radical (unpaired) electrons. The lowest BCUT2D eigenvalue weighted by molar-refractivity contribution is -0.103. The van der Waals surface area contributed by atoms with Gasteiger partial charge in [-0.3, -0.25) is 4.79 Å². The van der Waals surface area contributed by atoms with Crippen LogP contribution in [0.2, 0.25) is 0 Å². The molecule has 0 aromatic carbocycles. The molecule has 1 aromatic heterocycles. The topological polar surface area (TPSA) is 77.8 Å². The molecule has 3 amide bonds. The van der Waals surface area contributed by atoms with E-state index in [0.717, 1.165) is 32.6 Å². The fourth-order valence-electron chi connectivity index (χ4n) is 7.11. The van der Waals surface area contributed by atoms with Gasteiger partial charge in [-0.1, -0.05) is 34.1 Å². The van der Waals surface area contributed by atoms with Crippen LogP contribution in [-0.4, -0.2) is 67.6 Å². The van der Waals surface area contributed by atoms with Crippen molar-refractivity contribution in [1.29, 1.82) is 0 Å². The van der Waals surface area contributed by atoms with Crippen LogP contribution in [0.25, 0.3) is 0 Å². The predicted molar refractivity (Wildman–Crippen MR) is 129 cm³/mol. The van der Waals surface area contributed by atoms with Gasteiger partial charge in [0, 0.05) is 38.8 Å². The zero-order valence-corrected chi connectivity index (χ0v) is 21.0. The number of amides is 3. The maximum Gasteiger partial charge on any atom is 0.317 e. The lowest BCUT2D eigenvalue weighted by Gasteiger charge is -2.61. The molecule has 3 fully saturated rings. The summed E-state index contributed by atoms with van der Waals surface area (Å²) in [6.45, 7) is 13.5. The van der Waals surface area contributed by atoms with Gasteiger partial charge in [0.15, 0.2) is 5.76 Å². The first kappa shape index (κ1) is 24.1. The third-order valence-corrected chi connectivity index (χ3v) is 9.21. The summed E-state index contributed by atoms with van der Waals surface area (Å²) in [6.07, 6.45) is 6.14. The normalized spacial score (nSPS) is 34.4. The summed E-state index contributed by atoms with van der Waals surface area (Å²) >= 11 is 0. The van der Waals surface area contributed by atoms with Crippen LogP contribution in [0.5, 0.6) is 0 Å². The summed E-state index contributed by atoms with van der Waals surface area (Å²) in [4.78, 5) is 30.0. The first-order chi connectivity index (χ1) is 15.6. The first-order valence-corrected chi connectivity index (χ1v) is 12.7. The van der Waals surface area contributed by atoms with Crippen molar-refractivity contribution in [2.24, 2.45) is 28.6 Å². The molecule has 33 heavy (non-hydrogen) atoms. The summed E-state index contributed by atoms with van der Waals surface area (Å²) in [7, 11) is 2.10. The molecule has 0 spiro atoms. The van der Waals surface area contributed by atoms with E-state index in [1.165, 1.54) is 25.5 Å². The summed E-state index contributed by atoms with van der Waals surface area (Å²) in [5.74, 6) is 1.24. The molecular weight excluding hydrogens is 416 g/mol. The average Bonchev–Trinajstić information content (AvgIpc) is 3.30. The van der Waals surface area contributed by atoms with Crippen LogP contribution in [0.3, 0.4) is 0 Å². The molecule has 2 N–H and O–H groups in total. The zero-order valence-electron chi connectivity index (χ0n) is 21.0. The van der Waals surface area contributed by atoms with Gasteiger partial charge < -0.3 is 24.9 Å². The molecule has 1 aliphatic heterocycles. The summed E-state index contributed by atoms with van der Waals surface area (Å²) < 4.78 is 5.30. The van der Waals surface area contributed by atoms with Gasteiger partial charge in [-0.15, -0.1) is 0 Å². The Kier molecular flexibility index (Phi) is 6.81. The molecule has 1 saturated heterocycles. The van der Waals surface area contributed by atoms with Crippen LogP contribution in [0.15, 0.2) is 22.8 Å². The molecule has 2 aliphatic carbocycles. The molecule has 0 bridgehead atoms. The van der Waals surface area contributed by atoms with Crippen molar-refractivity contribution < 1.29 is 14.0 Å². The third-order valence-electron chi connectivity index (χ3n) is 9.21. The van der Waals surface area contributed by atoms with Gasteiger partial charge in [0.2, 0.25) is 0 Å².